The van der Waals surface area contributed by atoms with E-state index in [0.29, 0.717) is 33.9 Å². The molecular weight excluding hydrogens is 361 g/mol. The lowest BCUT2D eigenvalue weighted by atomic mass is 10.2. The van der Waals surface area contributed by atoms with Crippen LogP contribution in [0.25, 0.3) is 11.0 Å². The fourth-order valence-corrected chi connectivity index (χ4v) is 2.84. The summed E-state index contributed by atoms with van der Waals surface area (Å²) in [5, 5.41) is 3.49. The zero-order valence-corrected chi connectivity index (χ0v) is 15.2. The Hall–Kier alpha value is -2.80. The molecule has 0 unspecified atom stereocenters. The number of nitrogens with zero attached hydrogens (tertiary/aromatic N) is 2. The van der Waals surface area contributed by atoms with Crippen molar-refractivity contribution in [3.63, 3.8) is 0 Å². The summed E-state index contributed by atoms with van der Waals surface area (Å²) in [6, 6.07) is 5.74. The van der Waals surface area contributed by atoms with E-state index in [-0.39, 0.29) is 11.6 Å². The third-order valence-corrected chi connectivity index (χ3v) is 4.11. The number of nitrogens with one attached hydrogen (secondary N) is 1. The Morgan fingerprint density at radius 2 is 2.19 bits per heavy atom. The number of benzene rings is 1. The summed E-state index contributed by atoms with van der Waals surface area (Å²) in [6.07, 6.45) is 0.987. The number of carbonyl (C=O) groups excluding carboxylic acids is 1. The monoisotopic (exact) mass is 377 g/mol. The zero-order chi connectivity index (χ0) is 18.8. The van der Waals surface area contributed by atoms with Crippen LogP contribution in [0.5, 0.6) is 0 Å². The first kappa shape index (κ1) is 18.0. The van der Waals surface area contributed by atoms with E-state index in [2.05, 4.69) is 10.3 Å². The molecule has 0 fully saturated rings. The quantitative estimate of drug-likeness (QED) is 0.671. The first-order valence-electron chi connectivity index (χ1n) is 7.95. The smallest absolute Gasteiger partial charge is 0.419 e. The fourth-order valence-electron chi connectivity index (χ4n) is 2.67. The molecule has 0 aliphatic carbocycles. The minimum Gasteiger partial charge on any atom is -0.449 e. The molecule has 6 nitrogen and oxygen atoms in total. The Labute approximate surface area is 154 Å². The molecule has 0 aliphatic heterocycles. The largest absolute Gasteiger partial charge is 0.449 e. The molecule has 8 heteroatoms. The van der Waals surface area contributed by atoms with Crippen LogP contribution in [-0.2, 0) is 4.74 Å². The van der Waals surface area contributed by atoms with E-state index < -0.39 is 11.9 Å². The molecule has 1 amide bonds. The summed E-state index contributed by atoms with van der Waals surface area (Å²) >= 11 is 5.92. The molecule has 3 rings (SSSR count). The van der Waals surface area contributed by atoms with Gasteiger partial charge in [-0.1, -0.05) is 11.6 Å². The van der Waals surface area contributed by atoms with Gasteiger partial charge in [-0.15, -0.1) is 0 Å². The van der Waals surface area contributed by atoms with Crippen LogP contribution in [0.15, 0.2) is 34.9 Å². The van der Waals surface area contributed by atoms with Crippen LogP contribution < -0.4 is 10.2 Å². The van der Waals surface area contributed by atoms with Crippen LogP contribution in [0.2, 0.25) is 5.02 Å². The van der Waals surface area contributed by atoms with Crippen molar-refractivity contribution in [1.29, 1.82) is 0 Å². The van der Waals surface area contributed by atoms with E-state index in [1.807, 2.05) is 0 Å². The Morgan fingerprint density at radius 3 is 2.85 bits per heavy atom. The minimum atomic E-state index is -0.635. The number of amides is 1. The SMILES string of the molecule is CCOC(=O)N(c1ccc(F)c(Cl)c1)c1c(NC)oc2c(C)nccc12. The number of fused-ring (bicyclic) bond motifs is 1. The number of pyridine rings is 1. The van der Waals surface area contributed by atoms with Gasteiger partial charge in [0.25, 0.3) is 0 Å². The predicted molar refractivity (Wildman–Crippen MR) is 98.9 cm³/mol. The van der Waals surface area contributed by atoms with E-state index in [9.17, 15) is 9.18 Å². The second-order valence-corrected chi connectivity index (χ2v) is 5.84. The Kier molecular flexibility index (Phi) is 4.99. The van der Waals surface area contributed by atoms with Crippen molar-refractivity contribution in [1.82, 2.24) is 4.98 Å². The highest BCUT2D eigenvalue weighted by Gasteiger charge is 2.28. The highest BCUT2D eigenvalue weighted by atomic mass is 35.5. The van der Waals surface area contributed by atoms with Gasteiger partial charge < -0.3 is 14.5 Å². The lowest BCUT2D eigenvalue weighted by Crippen LogP contribution is -2.27. The van der Waals surface area contributed by atoms with Crippen LogP contribution in [0.4, 0.5) is 26.4 Å². The first-order chi connectivity index (χ1) is 12.5. The summed E-state index contributed by atoms with van der Waals surface area (Å²) < 4.78 is 24.6. The van der Waals surface area contributed by atoms with Gasteiger partial charge in [-0.25, -0.2) is 14.1 Å². The number of aromatic nitrogens is 1. The van der Waals surface area contributed by atoms with Crippen LogP contribution in [0.3, 0.4) is 0 Å². The lowest BCUT2D eigenvalue weighted by molar-refractivity contribution is 0.162. The van der Waals surface area contributed by atoms with Crippen LogP contribution in [-0.4, -0.2) is 24.7 Å². The van der Waals surface area contributed by atoms with E-state index in [1.54, 1.807) is 33.2 Å². The van der Waals surface area contributed by atoms with Gasteiger partial charge in [0.2, 0.25) is 5.88 Å². The first-order valence-corrected chi connectivity index (χ1v) is 8.33. The molecule has 0 atom stereocenters. The van der Waals surface area contributed by atoms with Crippen molar-refractivity contribution in [3.8, 4) is 0 Å². The van der Waals surface area contributed by atoms with Gasteiger partial charge in [0.05, 0.1) is 28.4 Å². The summed E-state index contributed by atoms with van der Waals surface area (Å²) in [6.45, 7) is 3.68. The van der Waals surface area contributed by atoms with Gasteiger partial charge in [0.15, 0.2) is 5.58 Å². The van der Waals surface area contributed by atoms with Crippen LogP contribution >= 0.6 is 11.6 Å². The number of furan rings is 1. The molecule has 0 saturated heterocycles. The van der Waals surface area contributed by atoms with Gasteiger partial charge in [-0.3, -0.25) is 4.98 Å². The maximum Gasteiger partial charge on any atom is 0.419 e. The van der Waals surface area contributed by atoms with Gasteiger partial charge in [-0.05, 0) is 38.1 Å². The topological polar surface area (TPSA) is 67.6 Å². The van der Waals surface area contributed by atoms with E-state index >= 15 is 0 Å². The molecule has 2 aromatic heterocycles. The molecule has 0 radical (unpaired) electrons. The van der Waals surface area contributed by atoms with Crippen LogP contribution in [0.1, 0.15) is 12.6 Å². The third kappa shape index (κ3) is 3.06. The fraction of sp³-hybridized carbons (Fsp3) is 0.222. The molecule has 26 heavy (non-hydrogen) atoms. The number of hydrogen-bond acceptors (Lipinski definition) is 5. The molecule has 0 spiro atoms. The van der Waals surface area contributed by atoms with Crippen molar-refractivity contribution in [2.45, 2.75) is 13.8 Å². The number of halogens is 2. The molecule has 0 bridgehead atoms. The Bertz CT molecular complexity index is 974. The number of aryl methyl sites for hydroxylation is 1. The average molecular weight is 378 g/mol. The summed E-state index contributed by atoms with van der Waals surface area (Å²) in [5.74, 6) is -0.227. The molecule has 2 heterocycles. The zero-order valence-electron chi connectivity index (χ0n) is 14.5. The number of hydrogen-bond donors (Lipinski definition) is 1. The van der Waals surface area contributed by atoms with E-state index in [1.165, 1.54) is 23.1 Å². The predicted octanol–water partition coefficient (Wildman–Crippen LogP) is 5.27. The molecule has 0 saturated carbocycles. The number of rotatable bonds is 4. The summed E-state index contributed by atoms with van der Waals surface area (Å²) in [5.41, 5.74) is 2.00. The average Bonchev–Trinajstić information content (AvgIpc) is 2.98. The van der Waals surface area contributed by atoms with Gasteiger partial charge in [-0.2, -0.15) is 0 Å². The van der Waals surface area contributed by atoms with Gasteiger partial charge >= 0.3 is 6.09 Å². The standard InChI is InChI=1S/C18H17ClFN3O3/c1-4-25-18(24)23(11-5-6-14(20)13(19)9-11)15-12-7-8-22-10(2)16(12)26-17(15)21-3/h5-9,21H,4H2,1-3H3. The Balaban J connectivity index is 2.28. The molecule has 1 N–H and O–H groups in total. The van der Waals surface area contributed by atoms with E-state index in [4.69, 9.17) is 20.8 Å². The van der Waals surface area contributed by atoms with Gasteiger partial charge in [0, 0.05) is 13.2 Å². The highest BCUT2D eigenvalue weighted by molar-refractivity contribution is 6.31. The number of ether oxygens (including phenoxy) is 1. The third-order valence-electron chi connectivity index (χ3n) is 3.82. The minimum absolute atomic E-state index is 0.103. The number of carbonyl (C=O) groups is 1. The molecule has 1 aromatic carbocycles. The van der Waals surface area contributed by atoms with Crippen molar-refractivity contribution >= 4 is 45.9 Å². The maximum absolute atomic E-state index is 13.6. The molecule has 3 aromatic rings. The molecule has 136 valence electrons. The van der Waals surface area contributed by atoms with Crippen molar-refractivity contribution in [3.05, 3.63) is 47.0 Å². The summed E-state index contributed by atoms with van der Waals surface area (Å²) in [4.78, 5) is 18.2. The second kappa shape index (κ2) is 7.21. The normalized spacial score (nSPS) is 10.8. The molecular formula is C18H17ClFN3O3. The van der Waals surface area contributed by atoms with Crippen molar-refractivity contribution < 1.29 is 18.3 Å². The number of anilines is 3. The summed E-state index contributed by atoms with van der Waals surface area (Å²) in [7, 11) is 1.67. The lowest BCUT2D eigenvalue weighted by Gasteiger charge is -2.22. The van der Waals surface area contributed by atoms with Crippen molar-refractivity contribution in [2.24, 2.45) is 0 Å². The second-order valence-electron chi connectivity index (χ2n) is 5.44. The molecule has 0 aliphatic rings. The maximum atomic E-state index is 13.6. The van der Waals surface area contributed by atoms with E-state index in [0.717, 1.165) is 0 Å². The van der Waals surface area contributed by atoms with Gasteiger partial charge in [0.1, 0.15) is 11.5 Å². The Morgan fingerprint density at radius 1 is 1.42 bits per heavy atom. The van der Waals surface area contributed by atoms with Crippen LogP contribution in [0, 0.1) is 12.7 Å². The van der Waals surface area contributed by atoms with Crippen molar-refractivity contribution in [2.75, 3.05) is 23.9 Å². The highest BCUT2D eigenvalue weighted by Crippen LogP contribution is 2.42.